The summed E-state index contributed by atoms with van der Waals surface area (Å²) in [4.78, 5) is 12.5. The Hall–Kier alpha value is -0.610. The number of carbonyl (C=O) groups is 1. The van der Waals surface area contributed by atoms with E-state index >= 15 is 0 Å². The van der Waals surface area contributed by atoms with Gasteiger partial charge < -0.3 is 9.84 Å². The SMILES string of the molecule is CCN(CCOC)C(C)CC(=O)O. The van der Waals surface area contributed by atoms with Crippen molar-refractivity contribution in [3.05, 3.63) is 0 Å². The van der Waals surface area contributed by atoms with Crippen LogP contribution in [-0.4, -0.2) is 48.8 Å². The molecule has 1 unspecified atom stereocenters. The van der Waals surface area contributed by atoms with Gasteiger partial charge in [-0.25, -0.2) is 0 Å². The van der Waals surface area contributed by atoms with Crippen molar-refractivity contribution in [2.45, 2.75) is 26.3 Å². The van der Waals surface area contributed by atoms with Crippen molar-refractivity contribution in [1.29, 1.82) is 0 Å². The quantitative estimate of drug-likeness (QED) is 0.644. The van der Waals surface area contributed by atoms with Crippen LogP contribution in [-0.2, 0) is 9.53 Å². The summed E-state index contributed by atoms with van der Waals surface area (Å²) in [7, 11) is 1.65. The van der Waals surface area contributed by atoms with Crippen LogP contribution in [0.2, 0.25) is 0 Å². The van der Waals surface area contributed by atoms with Crippen LogP contribution in [0.1, 0.15) is 20.3 Å². The van der Waals surface area contributed by atoms with Gasteiger partial charge in [-0.05, 0) is 13.5 Å². The Morgan fingerprint density at radius 3 is 2.62 bits per heavy atom. The fourth-order valence-electron chi connectivity index (χ4n) is 1.28. The van der Waals surface area contributed by atoms with Crippen LogP contribution in [0.3, 0.4) is 0 Å². The van der Waals surface area contributed by atoms with Crippen LogP contribution in [0.25, 0.3) is 0 Å². The molecule has 0 bridgehead atoms. The standard InChI is InChI=1S/C9H19NO3/c1-4-10(5-6-13-3)8(2)7-9(11)12/h8H,4-7H2,1-3H3,(H,11,12). The number of methoxy groups -OCH3 is 1. The number of likely N-dealkylation sites (N-methyl/N-ethyl adjacent to an activating group) is 1. The molecule has 0 rings (SSSR count). The zero-order valence-corrected chi connectivity index (χ0v) is 8.62. The van der Waals surface area contributed by atoms with Gasteiger partial charge in [-0.15, -0.1) is 0 Å². The molecule has 0 aliphatic rings. The van der Waals surface area contributed by atoms with E-state index in [9.17, 15) is 4.79 Å². The fourth-order valence-corrected chi connectivity index (χ4v) is 1.28. The second-order valence-corrected chi connectivity index (χ2v) is 3.07. The summed E-state index contributed by atoms with van der Waals surface area (Å²) in [6.45, 7) is 6.25. The molecule has 78 valence electrons. The Balaban J connectivity index is 3.83. The first-order chi connectivity index (χ1) is 6.11. The Kier molecular flexibility index (Phi) is 6.54. The molecule has 1 atom stereocenters. The number of hydrogen-bond acceptors (Lipinski definition) is 3. The fraction of sp³-hybridized carbons (Fsp3) is 0.889. The summed E-state index contributed by atoms with van der Waals surface area (Å²) in [6, 6.07) is 0.0812. The molecule has 4 heteroatoms. The predicted molar refractivity (Wildman–Crippen MR) is 50.8 cm³/mol. The highest BCUT2D eigenvalue weighted by Crippen LogP contribution is 2.02. The zero-order valence-electron chi connectivity index (χ0n) is 8.62. The second-order valence-electron chi connectivity index (χ2n) is 3.07. The third-order valence-corrected chi connectivity index (χ3v) is 2.08. The number of carboxylic acids is 1. The van der Waals surface area contributed by atoms with E-state index in [0.717, 1.165) is 13.1 Å². The topological polar surface area (TPSA) is 49.8 Å². The van der Waals surface area contributed by atoms with Gasteiger partial charge in [0, 0.05) is 19.7 Å². The van der Waals surface area contributed by atoms with Gasteiger partial charge in [-0.2, -0.15) is 0 Å². The van der Waals surface area contributed by atoms with Gasteiger partial charge in [0.05, 0.1) is 13.0 Å². The molecule has 0 aliphatic heterocycles. The average molecular weight is 189 g/mol. The molecular weight excluding hydrogens is 170 g/mol. The van der Waals surface area contributed by atoms with Crippen LogP contribution in [0.5, 0.6) is 0 Å². The molecule has 0 fully saturated rings. The molecule has 0 radical (unpaired) electrons. The lowest BCUT2D eigenvalue weighted by atomic mass is 10.2. The maximum atomic E-state index is 10.4. The Morgan fingerprint density at radius 2 is 2.23 bits per heavy atom. The highest BCUT2D eigenvalue weighted by molar-refractivity contribution is 5.67. The van der Waals surface area contributed by atoms with Gasteiger partial charge in [0.15, 0.2) is 0 Å². The summed E-state index contributed by atoms with van der Waals surface area (Å²) in [5.74, 6) is -0.747. The lowest BCUT2D eigenvalue weighted by Crippen LogP contribution is -2.36. The maximum Gasteiger partial charge on any atom is 0.304 e. The molecular formula is C9H19NO3. The predicted octanol–water partition coefficient (Wildman–Crippen LogP) is 0.818. The third kappa shape index (κ3) is 5.60. The molecule has 1 N–H and O–H groups in total. The van der Waals surface area contributed by atoms with Crippen molar-refractivity contribution in [1.82, 2.24) is 4.90 Å². The highest BCUT2D eigenvalue weighted by Gasteiger charge is 2.14. The van der Waals surface area contributed by atoms with Gasteiger partial charge in [0.1, 0.15) is 0 Å². The van der Waals surface area contributed by atoms with E-state index in [0.29, 0.717) is 6.61 Å². The van der Waals surface area contributed by atoms with Gasteiger partial charge in [-0.3, -0.25) is 9.69 Å². The summed E-state index contributed by atoms with van der Waals surface area (Å²) in [5, 5.41) is 8.60. The number of rotatable bonds is 7. The van der Waals surface area contributed by atoms with Crippen molar-refractivity contribution in [3.8, 4) is 0 Å². The first-order valence-electron chi connectivity index (χ1n) is 4.56. The minimum Gasteiger partial charge on any atom is -0.481 e. The number of hydrogen-bond donors (Lipinski definition) is 1. The van der Waals surface area contributed by atoms with Crippen LogP contribution in [0.4, 0.5) is 0 Å². The van der Waals surface area contributed by atoms with Gasteiger partial charge in [0.25, 0.3) is 0 Å². The summed E-state index contributed by atoms with van der Waals surface area (Å²) in [5.41, 5.74) is 0. The first kappa shape index (κ1) is 12.4. The molecule has 13 heavy (non-hydrogen) atoms. The molecule has 4 nitrogen and oxygen atoms in total. The maximum absolute atomic E-state index is 10.4. The molecule has 0 saturated heterocycles. The second kappa shape index (κ2) is 6.86. The van der Waals surface area contributed by atoms with Crippen LogP contribution in [0.15, 0.2) is 0 Å². The average Bonchev–Trinajstić information content (AvgIpc) is 2.04. The van der Waals surface area contributed by atoms with Gasteiger partial charge >= 0.3 is 5.97 Å². The highest BCUT2D eigenvalue weighted by atomic mass is 16.5. The monoisotopic (exact) mass is 189 g/mol. The van der Waals surface area contributed by atoms with E-state index in [-0.39, 0.29) is 12.5 Å². The minimum atomic E-state index is -0.747. The van der Waals surface area contributed by atoms with Crippen molar-refractivity contribution in [3.63, 3.8) is 0 Å². The Labute approximate surface area is 79.5 Å². The smallest absolute Gasteiger partial charge is 0.304 e. The van der Waals surface area contributed by atoms with Crippen LogP contribution < -0.4 is 0 Å². The van der Waals surface area contributed by atoms with E-state index in [1.807, 2.05) is 13.8 Å². The van der Waals surface area contributed by atoms with E-state index in [2.05, 4.69) is 4.90 Å². The number of aliphatic carboxylic acids is 1. The third-order valence-electron chi connectivity index (χ3n) is 2.08. The van der Waals surface area contributed by atoms with Crippen LogP contribution in [0, 0.1) is 0 Å². The largest absolute Gasteiger partial charge is 0.481 e. The van der Waals surface area contributed by atoms with Crippen molar-refractivity contribution in [2.75, 3.05) is 26.8 Å². The summed E-state index contributed by atoms with van der Waals surface area (Å²) < 4.78 is 4.94. The molecule has 0 amide bonds. The van der Waals surface area contributed by atoms with E-state index in [4.69, 9.17) is 9.84 Å². The number of carboxylic acid groups (broad SMARTS) is 1. The van der Waals surface area contributed by atoms with E-state index in [1.165, 1.54) is 0 Å². The molecule has 0 aromatic rings. The minimum absolute atomic E-state index is 0.0812. The van der Waals surface area contributed by atoms with Crippen molar-refractivity contribution >= 4 is 5.97 Å². The molecule has 0 saturated carbocycles. The summed E-state index contributed by atoms with van der Waals surface area (Å²) >= 11 is 0. The molecule has 0 aromatic carbocycles. The molecule has 0 aliphatic carbocycles. The van der Waals surface area contributed by atoms with Crippen LogP contribution >= 0.6 is 0 Å². The van der Waals surface area contributed by atoms with E-state index < -0.39 is 5.97 Å². The van der Waals surface area contributed by atoms with Gasteiger partial charge in [-0.1, -0.05) is 6.92 Å². The van der Waals surface area contributed by atoms with Crippen molar-refractivity contribution < 1.29 is 14.6 Å². The lowest BCUT2D eigenvalue weighted by molar-refractivity contribution is -0.138. The lowest BCUT2D eigenvalue weighted by Gasteiger charge is -2.26. The molecule has 0 spiro atoms. The van der Waals surface area contributed by atoms with Gasteiger partial charge in [0.2, 0.25) is 0 Å². The normalized spacial score (nSPS) is 13.2. The van der Waals surface area contributed by atoms with E-state index in [1.54, 1.807) is 7.11 Å². The zero-order chi connectivity index (χ0) is 10.3. The first-order valence-corrected chi connectivity index (χ1v) is 4.56. The Bertz CT molecular complexity index is 150. The number of ether oxygens (including phenoxy) is 1. The summed E-state index contributed by atoms with van der Waals surface area (Å²) in [6.07, 6.45) is 0.192. The number of nitrogens with zero attached hydrogens (tertiary/aromatic N) is 1. The Morgan fingerprint density at radius 1 is 1.62 bits per heavy atom. The molecule has 0 heterocycles. The van der Waals surface area contributed by atoms with Crippen molar-refractivity contribution in [2.24, 2.45) is 0 Å². The molecule has 0 aromatic heterocycles.